The van der Waals surface area contributed by atoms with E-state index in [1.807, 2.05) is 48.5 Å². The first kappa shape index (κ1) is 19.1. The summed E-state index contributed by atoms with van der Waals surface area (Å²) in [5.41, 5.74) is 2.15. The number of halogens is 1. The normalized spacial score (nSPS) is 15.2. The van der Waals surface area contributed by atoms with Gasteiger partial charge >= 0.3 is 6.03 Å². The van der Waals surface area contributed by atoms with Gasteiger partial charge in [0.05, 0.1) is 5.56 Å². The number of benzene rings is 3. The third kappa shape index (κ3) is 3.94. The Bertz CT molecular complexity index is 1160. The summed E-state index contributed by atoms with van der Waals surface area (Å²) in [6, 6.07) is 21.2. The highest BCUT2D eigenvalue weighted by Gasteiger charge is 2.27. The first-order valence-electron chi connectivity index (χ1n) is 10.2. The second kappa shape index (κ2) is 8.10. The highest BCUT2D eigenvalue weighted by atomic mass is 19.1. The van der Waals surface area contributed by atoms with Crippen molar-refractivity contribution in [1.82, 2.24) is 9.80 Å². The largest absolute Gasteiger partial charge is 0.454 e. The van der Waals surface area contributed by atoms with E-state index in [1.54, 1.807) is 17.0 Å². The Morgan fingerprint density at radius 1 is 0.903 bits per heavy atom. The quantitative estimate of drug-likeness (QED) is 0.616. The third-order valence-electron chi connectivity index (χ3n) is 5.38. The number of anilines is 1. The van der Waals surface area contributed by atoms with Crippen LogP contribution in [0.5, 0.6) is 11.5 Å². The maximum atomic E-state index is 13.4. The van der Waals surface area contributed by atoms with Gasteiger partial charge in [-0.2, -0.15) is 0 Å². The van der Waals surface area contributed by atoms with Gasteiger partial charge in [-0.25, -0.2) is 14.2 Å². The molecule has 0 bridgehead atoms. The van der Waals surface area contributed by atoms with Crippen LogP contribution in [0.25, 0.3) is 0 Å². The number of carbonyl (C=O) groups excluding carboxylic acids is 1. The number of nitrogens with zero attached hydrogens (tertiary/aromatic N) is 3. The molecule has 1 saturated heterocycles. The van der Waals surface area contributed by atoms with Gasteiger partial charge < -0.3 is 19.9 Å². The number of carbonyl (C=O) groups is 1. The molecule has 3 aromatic carbocycles. The lowest BCUT2D eigenvalue weighted by atomic mass is 10.1. The van der Waals surface area contributed by atoms with E-state index in [9.17, 15) is 9.18 Å². The van der Waals surface area contributed by atoms with Crippen LogP contribution >= 0.6 is 0 Å². The van der Waals surface area contributed by atoms with Crippen molar-refractivity contribution in [3.63, 3.8) is 0 Å². The average Bonchev–Trinajstić information content (AvgIpc) is 2.96. The summed E-state index contributed by atoms with van der Waals surface area (Å²) in [4.78, 5) is 21.4. The zero-order valence-corrected chi connectivity index (χ0v) is 16.8. The maximum Gasteiger partial charge on any atom is 0.321 e. The molecule has 1 fully saturated rings. The molecule has 2 amide bonds. The van der Waals surface area contributed by atoms with Crippen LogP contribution in [0.15, 0.2) is 77.8 Å². The Morgan fingerprint density at radius 2 is 1.65 bits per heavy atom. The van der Waals surface area contributed by atoms with Crippen molar-refractivity contribution in [2.45, 2.75) is 0 Å². The molecular formula is C24H21FN4O2. The van der Waals surface area contributed by atoms with Crippen molar-refractivity contribution in [2.24, 2.45) is 4.99 Å². The molecule has 0 radical (unpaired) electrons. The molecule has 0 aromatic heterocycles. The fourth-order valence-electron chi connectivity index (χ4n) is 3.80. The number of piperazine rings is 1. The molecule has 0 atom stereocenters. The van der Waals surface area contributed by atoms with Crippen molar-refractivity contribution in [1.29, 1.82) is 0 Å². The Kier molecular flexibility index (Phi) is 5.00. The first-order valence-corrected chi connectivity index (χ1v) is 10.2. The van der Waals surface area contributed by atoms with Gasteiger partial charge in [0.2, 0.25) is 0 Å². The molecule has 0 aliphatic carbocycles. The fraction of sp³-hybridized carbons (Fsp3) is 0.167. The molecule has 31 heavy (non-hydrogen) atoms. The topological polar surface area (TPSA) is 57.2 Å². The standard InChI is InChI=1S/C24H21FN4O2/c25-17-6-5-7-18(16-17)26-24(30)29-14-12-28(13-15-29)23-19-8-1-3-10-21(19)31-22-11-4-2-9-20(22)27-23/h1-11,16H,12-15H2,(H,26,30). The lowest BCUT2D eigenvalue weighted by molar-refractivity contribution is 0.181. The Morgan fingerprint density at radius 3 is 2.45 bits per heavy atom. The fourth-order valence-corrected chi connectivity index (χ4v) is 3.80. The minimum absolute atomic E-state index is 0.234. The number of urea groups is 1. The molecule has 156 valence electrons. The van der Waals surface area contributed by atoms with Crippen LogP contribution in [-0.2, 0) is 0 Å². The highest BCUT2D eigenvalue weighted by Crippen LogP contribution is 2.37. The summed E-state index contributed by atoms with van der Waals surface area (Å²) in [6.07, 6.45) is 0. The monoisotopic (exact) mass is 416 g/mol. The number of ether oxygens (including phenoxy) is 1. The first-order chi connectivity index (χ1) is 15.2. The number of amides is 2. The molecule has 0 unspecified atom stereocenters. The SMILES string of the molecule is O=C(Nc1cccc(F)c1)N1CCN(C2=Nc3ccccc3Oc3ccccc32)CC1. The van der Waals surface area contributed by atoms with Gasteiger partial charge in [0, 0.05) is 31.9 Å². The van der Waals surface area contributed by atoms with Gasteiger partial charge in [-0.15, -0.1) is 0 Å². The summed E-state index contributed by atoms with van der Waals surface area (Å²) in [5.74, 6) is 1.94. The Hall–Kier alpha value is -3.87. The summed E-state index contributed by atoms with van der Waals surface area (Å²) in [7, 11) is 0. The Balaban J connectivity index is 1.34. The third-order valence-corrected chi connectivity index (χ3v) is 5.38. The van der Waals surface area contributed by atoms with E-state index in [-0.39, 0.29) is 11.8 Å². The van der Waals surface area contributed by atoms with Crippen molar-refractivity contribution in [3.8, 4) is 11.5 Å². The summed E-state index contributed by atoms with van der Waals surface area (Å²) in [5, 5.41) is 2.76. The number of rotatable bonds is 1. The van der Waals surface area contributed by atoms with Crippen LogP contribution in [0.1, 0.15) is 5.56 Å². The summed E-state index contributed by atoms with van der Waals surface area (Å²) < 4.78 is 19.5. The van der Waals surface area contributed by atoms with Crippen molar-refractivity contribution in [2.75, 3.05) is 31.5 Å². The lowest BCUT2D eigenvalue weighted by Gasteiger charge is -2.36. The maximum absolute atomic E-state index is 13.4. The van der Waals surface area contributed by atoms with Crippen LogP contribution in [0.3, 0.4) is 0 Å². The van der Waals surface area contributed by atoms with Crippen molar-refractivity contribution < 1.29 is 13.9 Å². The molecular weight excluding hydrogens is 395 g/mol. The molecule has 0 spiro atoms. The van der Waals surface area contributed by atoms with Crippen LogP contribution < -0.4 is 10.1 Å². The molecule has 6 nitrogen and oxygen atoms in total. The number of fused-ring (bicyclic) bond motifs is 2. The van der Waals surface area contributed by atoms with Crippen LogP contribution in [-0.4, -0.2) is 47.8 Å². The van der Waals surface area contributed by atoms with E-state index in [1.165, 1.54) is 12.1 Å². The van der Waals surface area contributed by atoms with Crippen LogP contribution in [0, 0.1) is 5.82 Å². The molecule has 5 rings (SSSR count). The smallest absolute Gasteiger partial charge is 0.321 e. The molecule has 3 aromatic rings. The highest BCUT2D eigenvalue weighted by molar-refractivity contribution is 6.04. The minimum Gasteiger partial charge on any atom is -0.454 e. The number of hydrogen-bond donors (Lipinski definition) is 1. The molecule has 2 aliphatic heterocycles. The molecule has 7 heteroatoms. The van der Waals surface area contributed by atoms with E-state index < -0.39 is 0 Å². The molecule has 2 aliphatic rings. The molecule has 2 heterocycles. The van der Waals surface area contributed by atoms with Gasteiger partial charge in [-0.1, -0.05) is 30.3 Å². The molecule has 0 saturated carbocycles. The van der Waals surface area contributed by atoms with E-state index in [0.29, 0.717) is 31.9 Å². The van der Waals surface area contributed by atoms with Gasteiger partial charge in [0.1, 0.15) is 23.1 Å². The second-order valence-corrected chi connectivity index (χ2v) is 7.42. The van der Waals surface area contributed by atoms with Crippen LogP contribution in [0.4, 0.5) is 20.6 Å². The lowest BCUT2D eigenvalue weighted by Crippen LogP contribution is -2.51. The number of para-hydroxylation sites is 3. The van der Waals surface area contributed by atoms with E-state index in [0.717, 1.165) is 28.6 Å². The second-order valence-electron chi connectivity index (χ2n) is 7.42. The minimum atomic E-state index is -0.379. The Labute approximate surface area is 179 Å². The predicted octanol–water partition coefficient (Wildman–Crippen LogP) is 4.86. The van der Waals surface area contributed by atoms with Gasteiger partial charge in [-0.05, 0) is 42.5 Å². The van der Waals surface area contributed by atoms with Gasteiger partial charge in [0.25, 0.3) is 0 Å². The predicted molar refractivity (Wildman–Crippen MR) is 118 cm³/mol. The van der Waals surface area contributed by atoms with E-state index in [4.69, 9.17) is 9.73 Å². The van der Waals surface area contributed by atoms with Crippen molar-refractivity contribution >= 4 is 23.2 Å². The van der Waals surface area contributed by atoms with Crippen LogP contribution in [0.2, 0.25) is 0 Å². The van der Waals surface area contributed by atoms with Gasteiger partial charge in [-0.3, -0.25) is 0 Å². The van der Waals surface area contributed by atoms with Crippen molar-refractivity contribution in [3.05, 3.63) is 84.2 Å². The van der Waals surface area contributed by atoms with Gasteiger partial charge in [0.15, 0.2) is 5.75 Å². The average molecular weight is 416 g/mol. The molecule has 1 N–H and O–H groups in total. The zero-order chi connectivity index (χ0) is 21.2. The number of aliphatic imine (C=N–C) groups is 1. The van der Waals surface area contributed by atoms with E-state index in [2.05, 4.69) is 10.2 Å². The zero-order valence-electron chi connectivity index (χ0n) is 16.8. The summed E-state index contributed by atoms with van der Waals surface area (Å²) >= 11 is 0. The number of hydrogen-bond acceptors (Lipinski definition) is 4. The number of nitrogens with one attached hydrogen (secondary N) is 1. The number of amidine groups is 1. The van der Waals surface area contributed by atoms with E-state index >= 15 is 0 Å². The summed E-state index contributed by atoms with van der Waals surface area (Å²) in [6.45, 7) is 2.33.